The molecule has 0 spiro atoms. The molecule has 2 rings (SSSR count). The molecule has 0 heterocycles. The number of phenolic OH excluding ortho intramolecular Hbond substituents is 1. The topological polar surface area (TPSA) is 46.2 Å². The van der Waals surface area contributed by atoms with Crippen LogP contribution < -0.4 is 5.73 Å². The van der Waals surface area contributed by atoms with Crippen LogP contribution in [0.25, 0.3) is 11.1 Å². The molecular formula is C14H13Cl2NO. The summed E-state index contributed by atoms with van der Waals surface area (Å²) in [5.41, 5.74) is 8.16. The van der Waals surface area contributed by atoms with Gasteiger partial charge in [0.15, 0.2) is 0 Å². The van der Waals surface area contributed by atoms with Crippen molar-refractivity contribution in [2.24, 2.45) is 5.73 Å². The largest absolute Gasteiger partial charge is 0.506 e. The molecule has 3 N–H and O–H groups in total. The van der Waals surface area contributed by atoms with Crippen LogP contribution in [0.4, 0.5) is 0 Å². The van der Waals surface area contributed by atoms with Crippen molar-refractivity contribution < 1.29 is 5.11 Å². The fourth-order valence-corrected chi connectivity index (χ4v) is 2.34. The fourth-order valence-electron chi connectivity index (χ4n) is 1.85. The lowest BCUT2D eigenvalue weighted by Gasteiger charge is -2.09. The molecule has 2 nitrogen and oxygen atoms in total. The highest BCUT2D eigenvalue weighted by Gasteiger charge is 2.10. The van der Waals surface area contributed by atoms with Crippen LogP contribution in [0, 0.1) is 0 Å². The number of aromatic hydroxyl groups is 1. The van der Waals surface area contributed by atoms with E-state index in [9.17, 15) is 5.11 Å². The van der Waals surface area contributed by atoms with Crippen molar-refractivity contribution in [2.45, 2.75) is 6.42 Å². The second kappa shape index (κ2) is 5.61. The van der Waals surface area contributed by atoms with Gasteiger partial charge in [-0.3, -0.25) is 0 Å². The molecule has 0 aliphatic carbocycles. The Morgan fingerprint density at radius 1 is 1.11 bits per heavy atom. The normalized spacial score (nSPS) is 10.6. The third-order valence-electron chi connectivity index (χ3n) is 2.70. The highest BCUT2D eigenvalue weighted by atomic mass is 35.5. The number of halogens is 2. The first kappa shape index (κ1) is 13.2. The molecule has 18 heavy (non-hydrogen) atoms. The van der Waals surface area contributed by atoms with Gasteiger partial charge >= 0.3 is 0 Å². The van der Waals surface area contributed by atoms with Crippen molar-refractivity contribution in [1.29, 1.82) is 0 Å². The van der Waals surface area contributed by atoms with Crippen LogP contribution in [0.1, 0.15) is 5.56 Å². The first-order valence-corrected chi connectivity index (χ1v) is 6.35. The minimum Gasteiger partial charge on any atom is -0.506 e. The Bertz CT molecular complexity index is 570. The molecule has 0 amide bonds. The Kier molecular flexibility index (Phi) is 4.12. The number of hydrogen-bond acceptors (Lipinski definition) is 2. The van der Waals surface area contributed by atoms with E-state index >= 15 is 0 Å². The summed E-state index contributed by atoms with van der Waals surface area (Å²) in [4.78, 5) is 0. The molecule has 0 saturated heterocycles. The molecule has 2 aromatic carbocycles. The Labute approximate surface area is 116 Å². The standard InChI is InChI=1S/C14H13Cl2NO/c15-11-7-12(14(18)13(16)8-11)10-3-1-2-9(6-10)4-5-17/h1-3,6-8,18H,4-5,17H2. The maximum atomic E-state index is 9.98. The summed E-state index contributed by atoms with van der Waals surface area (Å²) in [7, 11) is 0. The van der Waals surface area contributed by atoms with Gasteiger partial charge in [0, 0.05) is 10.6 Å². The number of rotatable bonds is 3. The van der Waals surface area contributed by atoms with E-state index in [1.54, 1.807) is 6.07 Å². The van der Waals surface area contributed by atoms with Gasteiger partial charge in [0.2, 0.25) is 0 Å². The molecule has 0 aromatic heterocycles. The Hall–Kier alpha value is -1.22. The zero-order valence-corrected chi connectivity index (χ0v) is 11.2. The lowest BCUT2D eigenvalue weighted by atomic mass is 10.0. The van der Waals surface area contributed by atoms with E-state index < -0.39 is 0 Å². The second-order valence-corrected chi connectivity index (χ2v) is 4.87. The molecule has 94 valence electrons. The van der Waals surface area contributed by atoms with Gasteiger partial charge in [0.05, 0.1) is 5.02 Å². The highest BCUT2D eigenvalue weighted by Crippen LogP contribution is 2.38. The van der Waals surface area contributed by atoms with Crippen molar-refractivity contribution in [1.82, 2.24) is 0 Å². The summed E-state index contributed by atoms with van der Waals surface area (Å²) >= 11 is 11.9. The van der Waals surface area contributed by atoms with Gasteiger partial charge in [0.1, 0.15) is 5.75 Å². The molecule has 0 fully saturated rings. The van der Waals surface area contributed by atoms with E-state index in [4.69, 9.17) is 28.9 Å². The van der Waals surface area contributed by atoms with Crippen LogP contribution in [-0.2, 0) is 6.42 Å². The molecule has 0 aliphatic rings. The van der Waals surface area contributed by atoms with E-state index in [1.165, 1.54) is 6.07 Å². The molecule has 0 atom stereocenters. The van der Waals surface area contributed by atoms with Gasteiger partial charge in [-0.25, -0.2) is 0 Å². The molecule has 0 radical (unpaired) electrons. The molecule has 0 saturated carbocycles. The molecular weight excluding hydrogens is 269 g/mol. The van der Waals surface area contributed by atoms with E-state index in [1.807, 2.05) is 24.3 Å². The average Bonchev–Trinajstić information content (AvgIpc) is 2.34. The van der Waals surface area contributed by atoms with Crippen LogP contribution in [-0.4, -0.2) is 11.7 Å². The van der Waals surface area contributed by atoms with Crippen molar-refractivity contribution in [3.8, 4) is 16.9 Å². The van der Waals surface area contributed by atoms with Crippen LogP contribution >= 0.6 is 23.2 Å². The van der Waals surface area contributed by atoms with Gasteiger partial charge < -0.3 is 10.8 Å². The van der Waals surface area contributed by atoms with Crippen molar-refractivity contribution in [2.75, 3.05) is 6.54 Å². The number of phenols is 1. The van der Waals surface area contributed by atoms with Crippen molar-refractivity contribution in [3.63, 3.8) is 0 Å². The minimum atomic E-state index is 0.0472. The van der Waals surface area contributed by atoms with Crippen LogP contribution in [0.3, 0.4) is 0 Å². The molecule has 2 aromatic rings. The van der Waals surface area contributed by atoms with E-state index in [0.29, 0.717) is 17.1 Å². The Morgan fingerprint density at radius 3 is 2.61 bits per heavy atom. The minimum absolute atomic E-state index is 0.0472. The second-order valence-electron chi connectivity index (χ2n) is 4.02. The van der Waals surface area contributed by atoms with E-state index in [2.05, 4.69) is 0 Å². The van der Waals surface area contributed by atoms with Gasteiger partial charge in [-0.1, -0.05) is 47.5 Å². The first-order chi connectivity index (χ1) is 8.61. The molecule has 4 heteroatoms. The van der Waals surface area contributed by atoms with Crippen LogP contribution in [0.5, 0.6) is 5.75 Å². The third kappa shape index (κ3) is 2.78. The predicted octanol–water partition coefficient (Wildman–Crippen LogP) is 3.87. The van der Waals surface area contributed by atoms with Gasteiger partial charge in [0.25, 0.3) is 0 Å². The summed E-state index contributed by atoms with van der Waals surface area (Å²) in [5, 5.41) is 10.7. The maximum absolute atomic E-state index is 9.98. The van der Waals surface area contributed by atoms with Gasteiger partial charge in [-0.15, -0.1) is 0 Å². The third-order valence-corrected chi connectivity index (χ3v) is 3.21. The summed E-state index contributed by atoms with van der Waals surface area (Å²) in [6, 6.07) is 11.0. The average molecular weight is 282 g/mol. The predicted molar refractivity (Wildman–Crippen MR) is 76.3 cm³/mol. The lowest BCUT2D eigenvalue weighted by molar-refractivity contribution is 0.477. The van der Waals surface area contributed by atoms with E-state index in [0.717, 1.165) is 17.5 Å². The zero-order valence-electron chi connectivity index (χ0n) is 9.66. The highest BCUT2D eigenvalue weighted by molar-refractivity contribution is 6.36. The summed E-state index contributed by atoms with van der Waals surface area (Å²) < 4.78 is 0. The molecule has 0 aliphatic heterocycles. The number of nitrogens with two attached hydrogens (primary N) is 1. The summed E-state index contributed by atoms with van der Waals surface area (Å²) in [5.74, 6) is 0.0472. The monoisotopic (exact) mass is 281 g/mol. The SMILES string of the molecule is NCCc1cccc(-c2cc(Cl)cc(Cl)c2O)c1. The first-order valence-electron chi connectivity index (χ1n) is 5.59. The van der Waals surface area contributed by atoms with Gasteiger partial charge in [-0.05, 0) is 36.2 Å². The van der Waals surface area contributed by atoms with Crippen molar-refractivity contribution in [3.05, 3.63) is 52.0 Å². The fraction of sp³-hybridized carbons (Fsp3) is 0.143. The number of benzene rings is 2. The Balaban J connectivity index is 2.51. The van der Waals surface area contributed by atoms with Crippen LogP contribution in [0.15, 0.2) is 36.4 Å². The molecule has 0 unspecified atom stereocenters. The zero-order chi connectivity index (χ0) is 13.1. The Morgan fingerprint density at radius 2 is 1.89 bits per heavy atom. The quantitative estimate of drug-likeness (QED) is 0.897. The smallest absolute Gasteiger partial charge is 0.142 e. The lowest BCUT2D eigenvalue weighted by Crippen LogP contribution is -2.02. The maximum Gasteiger partial charge on any atom is 0.142 e. The van der Waals surface area contributed by atoms with E-state index in [-0.39, 0.29) is 10.8 Å². The molecule has 0 bridgehead atoms. The number of hydrogen-bond donors (Lipinski definition) is 2. The summed E-state index contributed by atoms with van der Waals surface area (Å²) in [6.07, 6.45) is 0.795. The summed E-state index contributed by atoms with van der Waals surface area (Å²) in [6.45, 7) is 0.589. The van der Waals surface area contributed by atoms with Gasteiger partial charge in [-0.2, -0.15) is 0 Å². The van der Waals surface area contributed by atoms with Crippen LogP contribution in [0.2, 0.25) is 10.0 Å². The van der Waals surface area contributed by atoms with Crippen molar-refractivity contribution >= 4 is 23.2 Å².